The highest BCUT2D eigenvalue weighted by molar-refractivity contribution is 5.91. The van der Waals surface area contributed by atoms with Gasteiger partial charge in [-0.15, -0.1) is 0 Å². The van der Waals surface area contributed by atoms with Gasteiger partial charge in [0.2, 0.25) is 0 Å². The van der Waals surface area contributed by atoms with Crippen molar-refractivity contribution in [3.63, 3.8) is 0 Å². The number of carbonyl (C=O) groups excluding carboxylic acids is 1. The van der Waals surface area contributed by atoms with E-state index in [1.807, 2.05) is 35.2 Å². The van der Waals surface area contributed by atoms with Gasteiger partial charge in [-0.1, -0.05) is 18.2 Å². The molecule has 128 valence electrons. The summed E-state index contributed by atoms with van der Waals surface area (Å²) in [6.45, 7) is 2.78. The van der Waals surface area contributed by atoms with Crippen molar-refractivity contribution in [2.24, 2.45) is 0 Å². The van der Waals surface area contributed by atoms with Crippen molar-refractivity contribution in [3.8, 4) is 5.75 Å². The van der Waals surface area contributed by atoms with Crippen molar-refractivity contribution in [2.75, 3.05) is 19.0 Å². The third-order valence-electron chi connectivity index (χ3n) is 4.94. The van der Waals surface area contributed by atoms with E-state index in [0.717, 1.165) is 29.1 Å². The predicted octanol–water partition coefficient (Wildman–Crippen LogP) is 4.33. The van der Waals surface area contributed by atoms with E-state index in [9.17, 15) is 4.79 Å². The number of para-hydroxylation sites is 1. The van der Waals surface area contributed by atoms with Gasteiger partial charge in [0.25, 0.3) is 0 Å². The number of amides is 2. The molecule has 1 aliphatic rings. The van der Waals surface area contributed by atoms with Crippen molar-refractivity contribution in [1.82, 2.24) is 9.88 Å². The summed E-state index contributed by atoms with van der Waals surface area (Å²) >= 11 is 0. The van der Waals surface area contributed by atoms with Crippen LogP contribution in [0.5, 0.6) is 5.75 Å². The molecule has 0 fully saturated rings. The van der Waals surface area contributed by atoms with Crippen LogP contribution >= 0.6 is 0 Å². The van der Waals surface area contributed by atoms with Crippen LogP contribution in [-0.2, 0) is 6.42 Å². The van der Waals surface area contributed by atoms with Crippen molar-refractivity contribution < 1.29 is 9.53 Å². The van der Waals surface area contributed by atoms with Gasteiger partial charge in [-0.2, -0.15) is 0 Å². The summed E-state index contributed by atoms with van der Waals surface area (Å²) in [5, 5.41) is 4.24. The van der Waals surface area contributed by atoms with Crippen molar-refractivity contribution in [2.45, 2.75) is 19.4 Å². The van der Waals surface area contributed by atoms with Crippen LogP contribution in [-0.4, -0.2) is 29.6 Å². The van der Waals surface area contributed by atoms with Gasteiger partial charge in [-0.3, -0.25) is 0 Å². The van der Waals surface area contributed by atoms with E-state index in [0.29, 0.717) is 6.54 Å². The number of hydrogen-bond donors (Lipinski definition) is 2. The number of nitrogens with zero attached hydrogens (tertiary/aromatic N) is 1. The number of anilines is 1. The standard InChI is InChI=1S/C20H21N3O2/c1-13-19-17(16-5-3-4-6-18(16)22-19)11-12-23(13)20(24)21-14-7-9-15(25-2)10-8-14/h3-10,13,22H,11-12H2,1-2H3,(H,21,24). The molecule has 0 radical (unpaired) electrons. The van der Waals surface area contributed by atoms with Gasteiger partial charge in [0.05, 0.1) is 13.2 Å². The SMILES string of the molecule is COc1ccc(NC(=O)N2CCc3c([nH]c4ccccc34)C2C)cc1. The molecule has 4 rings (SSSR count). The summed E-state index contributed by atoms with van der Waals surface area (Å²) in [5.41, 5.74) is 4.37. The van der Waals surface area contributed by atoms with Crippen molar-refractivity contribution in [1.29, 1.82) is 0 Å². The molecule has 5 nitrogen and oxygen atoms in total. The number of H-pyrrole nitrogens is 1. The Kier molecular flexibility index (Phi) is 3.84. The largest absolute Gasteiger partial charge is 0.497 e. The number of aromatic nitrogens is 1. The molecule has 25 heavy (non-hydrogen) atoms. The van der Waals surface area contributed by atoms with E-state index in [-0.39, 0.29) is 12.1 Å². The van der Waals surface area contributed by atoms with E-state index in [4.69, 9.17) is 4.74 Å². The van der Waals surface area contributed by atoms with Crippen LogP contribution in [0.25, 0.3) is 10.9 Å². The van der Waals surface area contributed by atoms with Crippen LogP contribution in [0, 0.1) is 0 Å². The first kappa shape index (κ1) is 15.6. The fourth-order valence-electron chi connectivity index (χ4n) is 3.58. The van der Waals surface area contributed by atoms with Crippen LogP contribution in [0.3, 0.4) is 0 Å². The molecule has 1 aromatic heterocycles. The number of urea groups is 1. The van der Waals surface area contributed by atoms with Gasteiger partial charge in [-0.25, -0.2) is 4.79 Å². The van der Waals surface area contributed by atoms with Crippen LogP contribution in [0.15, 0.2) is 48.5 Å². The molecule has 2 N–H and O–H groups in total. The minimum atomic E-state index is -0.0815. The zero-order valence-electron chi connectivity index (χ0n) is 14.4. The van der Waals surface area contributed by atoms with Crippen LogP contribution in [0.4, 0.5) is 10.5 Å². The maximum absolute atomic E-state index is 12.7. The lowest BCUT2D eigenvalue weighted by atomic mass is 9.98. The Morgan fingerprint density at radius 1 is 1.20 bits per heavy atom. The van der Waals surface area contributed by atoms with Gasteiger partial charge in [0.15, 0.2) is 0 Å². The number of rotatable bonds is 2. The topological polar surface area (TPSA) is 57.4 Å². The molecule has 0 spiro atoms. The summed E-state index contributed by atoms with van der Waals surface area (Å²) in [7, 11) is 1.63. The fourth-order valence-corrected chi connectivity index (χ4v) is 3.58. The summed E-state index contributed by atoms with van der Waals surface area (Å²) in [6, 6.07) is 15.6. The minimum absolute atomic E-state index is 0.00870. The molecule has 0 aliphatic carbocycles. The first-order chi connectivity index (χ1) is 12.2. The Morgan fingerprint density at radius 2 is 1.96 bits per heavy atom. The molecule has 0 saturated carbocycles. The van der Waals surface area contributed by atoms with Crippen LogP contribution < -0.4 is 10.1 Å². The minimum Gasteiger partial charge on any atom is -0.497 e. The van der Waals surface area contributed by atoms with E-state index in [1.54, 1.807) is 7.11 Å². The maximum Gasteiger partial charge on any atom is 0.322 e. The van der Waals surface area contributed by atoms with Crippen LogP contribution in [0.2, 0.25) is 0 Å². The number of aromatic amines is 1. The average molecular weight is 335 g/mol. The number of carbonyl (C=O) groups is 1. The van der Waals surface area contributed by atoms with E-state index >= 15 is 0 Å². The van der Waals surface area contributed by atoms with Crippen molar-refractivity contribution in [3.05, 3.63) is 59.8 Å². The summed E-state index contributed by atoms with van der Waals surface area (Å²) in [6.07, 6.45) is 0.861. The van der Waals surface area contributed by atoms with E-state index in [1.165, 1.54) is 10.9 Å². The Morgan fingerprint density at radius 3 is 2.72 bits per heavy atom. The Balaban J connectivity index is 1.56. The third-order valence-corrected chi connectivity index (χ3v) is 4.94. The molecule has 5 heteroatoms. The maximum atomic E-state index is 12.7. The highest BCUT2D eigenvalue weighted by Crippen LogP contribution is 2.34. The molecule has 0 bridgehead atoms. The quantitative estimate of drug-likeness (QED) is 0.732. The third kappa shape index (κ3) is 2.71. The summed E-state index contributed by atoms with van der Waals surface area (Å²) < 4.78 is 5.15. The van der Waals surface area contributed by atoms with Gasteiger partial charge in [0, 0.05) is 28.8 Å². The van der Waals surface area contributed by atoms with Crippen molar-refractivity contribution >= 4 is 22.6 Å². The molecule has 0 saturated heterocycles. The second-order valence-electron chi connectivity index (χ2n) is 6.34. The molecule has 2 amide bonds. The zero-order valence-corrected chi connectivity index (χ0v) is 14.4. The Bertz CT molecular complexity index is 914. The van der Waals surface area contributed by atoms with Gasteiger partial charge >= 0.3 is 6.03 Å². The first-order valence-electron chi connectivity index (χ1n) is 8.48. The summed E-state index contributed by atoms with van der Waals surface area (Å²) in [4.78, 5) is 18.1. The Labute approximate surface area is 146 Å². The molecule has 1 unspecified atom stereocenters. The molecule has 3 aromatic rings. The molecule has 1 aliphatic heterocycles. The number of ether oxygens (including phenoxy) is 1. The smallest absolute Gasteiger partial charge is 0.322 e. The zero-order chi connectivity index (χ0) is 17.4. The first-order valence-corrected chi connectivity index (χ1v) is 8.48. The lowest BCUT2D eigenvalue weighted by molar-refractivity contribution is 0.187. The fraction of sp³-hybridized carbons (Fsp3) is 0.250. The highest BCUT2D eigenvalue weighted by atomic mass is 16.5. The average Bonchev–Trinajstić information content (AvgIpc) is 3.02. The molecular formula is C20H21N3O2. The van der Waals surface area contributed by atoms with Crippen LogP contribution in [0.1, 0.15) is 24.2 Å². The van der Waals surface area contributed by atoms with E-state index < -0.39 is 0 Å². The van der Waals surface area contributed by atoms with Gasteiger partial charge in [0.1, 0.15) is 5.75 Å². The molecular weight excluding hydrogens is 314 g/mol. The normalized spacial score (nSPS) is 16.6. The molecule has 1 atom stereocenters. The molecule has 2 heterocycles. The Hall–Kier alpha value is -2.95. The number of methoxy groups -OCH3 is 1. The lowest BCUT2D eigenvalue weighted by Gasteiger charge is -2.33. The van der Waals surface area contributed by atoms with Gasteiger partial charge in [-0.05, 0) is 49.2 Å². The summed E-state index contributed by atoms with van der Waals surface area (Å²) in [5.74, 6) is 0.770. The second-order valence-corrected chi connectivity index (χ2v) is 6.34. The number of fused-ring (bicyclic) bond motifs is 3. The number of hydrogen-bond acceptors (Lipinski definition) is 2. The monoisotopic (exact) mass is 335 g/mol. The second kappa shape index (κ2) is 6.16. The van der Waals surface area contributed by atoms with Gasteiger partial charge < -0.3 is 19.9 Å². The molecule has 2 aromatic carbocycles. The number of benzene rings is 2. The number of nitrogens with one attached hydrogen (secondary N) is 2. The lowest BCUT2D eigenvalue weighted by Crippen LogP contribution is -2.41. The highest BCUT2D eigenvalue weighted by Gasteiger charge is 2.30. The predicted molar refractivity (Wildman–Crippen MR) is 99.1 cm³/mol. The van der Waals surface area contributed by atoms with E-state index in [2.05, 4.69) is 35.4 Å².